The molecular weight excluding hydrogens is 347 g/mol. The van der Waals surface area contributed by atoms with Crippen molar-refractivity contribution in [3.8, 4) is 0 Å². The van der Waals surface area contributed by atoms with E-state index >= 15 is 0 Å². The second-order valence-corrected chi connectivity index (χ2v) is 6.01. The van der Waals surface area contributed by atoms with Crippen molar-refractivity contribution in [1.29, 1.82) is 0 Å². The Hall–Kier alpha value is -1.96. The van der Waals surface area contributed by atoms with Gasteiger partial charge in [0.2, 0.25) is 5.91 Å². The maximum Gasteiger partial charge on any atom is 0.248 e. The van der Waals surface area contributed by atoms with E-state index in [4.69, 9.17) is 0 Å². The fraction of sp³-hybridized carbons (Fsp3) is 0.412. The van der Waals surface area contributed by atoms with E-state index in [1.54, 1.807) is 29.2 Å². The summed E-state index contributed by atoms with van der Waals surface area (Å²) < 4.78 is 14.9. The smallest absolute Gasteiger partial charge is 0.248 e. The summed E-state index contributed by atoms with van der Waals surface area (Å²) in [5, 5.41) is 20.5. The summed E-state index contributed by atoms with van der Waals surface area (Å²) in [6.07, 6.45) is 3.72. The maximum atomic E-state index is 13.2. The number of aliphatic hydroxyl groups is 1. The van der Waals surface area contributed by atoms with Gasteiger partial charge in [-0.1, -0.05) is 12.1 Å². The lowest BCUT2D eigenvalue weighted by molar-refractivity contribution is -0.132. The zero-order chi connectivity index (χ0) is 17.0. The molecule has 2 aromatic rings. The molecule has 1 saturated heterocycles. The van der Waals surface area contributed by atoms with Gasteiger partial charge in [-0.15, -0.1) is 12.4 Å². The molecule has 1 aromatic carbocycles. The van der Waals surface area contributed by atoms with Gasteiger partial charge in [-0.25, -0.2) is 4.39 Å². The number of piperidine rings is 1. The fourth-order valence-corrected chi connectivity index (χ4v) is 3.11. The number of aliphatic hydroxyl groups excluding tert-OH is 1. The van der Waals surface area contributed by atoms with Crippen molar-refractivity contribution in [2.45, 2.75) is 24.5 Å². The number of aromatic nitrogens is 2. The lowest BCUT2D eigenvalue weighted by atomic mass is 9.87. The quantitative estimate of drug-likeness (QED) is 0.744. The van der Waals surface area contributed by atoms with Crippen LogP contribution in [0.15, 0.2) is 42.7 Å². The molecule has 1 atom stereocenters. The average molecular weight is 369 g/mol. The molecule has 1 aliphatic heterocycles. The topological polar surface area (TPSA) is 79.2 Å². The lowest BCUT2D eigenvalue weighted by Crippen LogP contribution is -2.55. The third-order valence-corrected chi connectivity index (χ3v) is 4.49. The van der Waals surface area contributed by atoms with Gasteiger partial charge in [0.25, 0.3) is 0 Å². The molecule has 25 heavy (non-hydrogen) atoms. The Labute approximate surface area is 151 Å². The van der Waals surface area contributed by atoms with Gasteiger partial charge < -0.3 is 15.7 Å². The number of hydrogen-bond acceptors (Lipinski definition) is 4. The second kappa shape index (κ2) is 8.42. The van der Waals surface area contributed by atoms with Crippen molar-refractivity contribution in [1.82, 2.24) is 20.4 Å². The lowest BCUT2D eigenvalue weighted by Gasteiger charge is -2.36. The number of carbonyl (C=O) groups is 1. The molecule has 136 valence electrons. The van der Waals surface area contributed by atoms with Crippen LogP contribution in [0.3, 0.4) is 0 Å². The van der Waals surface area contributed by atoms with Crippen LogP contribution >= 0.6 is 12.4 Å². The molecule has 3 N–H and O–H groups in total. The Balaban J connectivity index is 0.00000225. The van der Waals surface area contributed by atoms with Gasteiger partial charge in [-0.2, -0.15) is 5.10 Å². The largest absolute Gasteiger partial charge is 0.387 e. The molecule has 0 spiro atoms. The van der Waals surface area contributed by atoms with E-state index in [0.29, 0.717) is 18.4 Å². The molecule has 0 aliphatic carbocycles. The first-order valence-electron chi connectivity index (χ1n) is 8.04. The van der Waals surface area contributed by atoms with Crippen molar-refractivity contribution in [3.05, 3.63) is 54.1 Å². The predicted octanol–water partition coefficient (Wildman–Crippen LogP) is 1.37. The van der Waals surface area contributed by atoms with Crippen molar-refractivity contribution < 1.29 is 14.3 Å². The van der Waals surface area contributed by atoms with E-state index < -0.39 is 17.5 Å². The standard InChI is InChI=1S/C17H21FN4O2.ClH/c18-14-4-1-3-13(11-14)15(23)12-20-16(24)17(5-8-19-9-6-17)22-10-2-7-21-22;/h1-4,7,10-11,15,19,23H,5-6,8-9,12H2,(H,20,24);1H. The van der Waals surface area contributed by atoms with Crippen LogP contribution in [0.1, 0.15) is 24.5 Å². The Morgan fingerprint density at radius 3 is 2.80 bits per heavy atom. The van der Waals surface area contributed by atoms with Crippen LogP contribution in [-0.4, -0.2) is 40.4 Å². The van der Waals surface area contributed by atoms with Crippen molar-refractivity contribution >= 4 is 18.3 Å². The predicted molar refractivity (Wildman–Crippen MR) is 93.9 cm³/mol. The molecule has 0 saturated carbocycles. The third kappa shape index (κ3) is 4.18. The molecule has 1 aliphatic rings. The van der Waals surface area contributed by atoms with Crippen LogP contribution in [0.25, 0.3) is 0 Å². The molecular formula is C17H22ClFN4O2. The van der Waals surface area contributed by atoms with Gasteiger partial charge in [0.05, 0.1) is 6.10 Å². The number of benzene rings is 1. The first-order valence-corrected chi connectivity index (χ1v) is 8.04. The summed E-state index contributed by atoms with van der Waals surface area (Å²) in [7, 11) is 0. The molecule has 1 fully saturated rings. The zero-order valence-corrected chi connectivity index (χ0v) is 14.5. The minimum absolute atomic E-state index is 0. The van der Waals surface area contributed by atoms with Crippen LogP contribution in [0, 0.1) is 5.82 Å². The summed E-state index contributed by atoms with van der Waals surface area (Å²) >= 11 is 0. The average Bonchev–Trinajstić information content (AvgIpc) is 3.15. The molecule has 0 radical (unpaired) electrons. The fourth-order valence-electron chi connectivity index (χ4n) is 3.11. The number of rotatable bonds is 5. The van der Waals surface area contributed by atoms with Crippen LogP contribution in [-0.2, 0) is 10.3 Å². The highest BCUT2D eigenvalue weighted by molar-refractivity contribution is 5.85. The van der Waals surface area contributed by atoms with Crippen molar-refractivity contribution in [2.75, 3.05) is 19.6 Å². The minimum atomic E-state index is -0.957. The highest BCUT2D eigenvalue weighted by Crippen LogP contribution is 2.27. The first-order chi connectivity index (χ1) is 11.6. The number of nitrogens with zero attached hydrogens (tertiary/aromatic N) is 2. The van der Waals surface area contributed by atoms with E-state index in [0.717, 1.165) is 13.1 Å². The first kappa shape index (κ1) is 19.4. The monoisotopic (exact) mass is 368 g/mol. The Bertz CT molecular complexity index is 690. The van der Waals surface area contributed by atoms with Crippen molar-refractivity contribution in [2.24, 2.45) is 0 Å². The molecule has 1 amide bonds. The van der Waals surface area contributed by atoms with E-state index in [1.807, 2.05) is 0 Å². The Morgan fingerprint density at radius 2 is 2.16 bits per heavy atom. The van der Waals surface area contributed by atoms with E-state index in [1.165, 1.54) is 18.2 Å². The normalized spacial score (nSPS) is 17.4. The molecule has 2 heterocycles. The van der Waals surface area contributed by atoms with Gasteiger partial charge in [0.15, 0.2) is 0 Å². The highest BCUT2D eigenvalue weighted by Gasteiger charge is 2.41. The molecule has 1 unspecified atom stereocenters. The highest BCUT2D eigenvalue weighted by atomic mass is 35.5. The van der Waals surface area contributed by atoms with Crippen molar-refractivity contribution in [3.63, 3.8) is 0 Å². The Morgan fingerprint density at radius 1 is 1.40 bits per heavy atom. The van der Waals surface area contributed by atoms with Gasteiger partial charge in [-0.05, 0) is 49.7 Å². The van der Waals surface area contributed by atoms with Crippen LogP contribution in [0.4, 0.5) is 4.39 Å². The van der Waals surface area contributed by atoms with Crippen LogP contribution in [0.5, 0.6) is 0 Å². The summed E-state index contributed by atoms with van der Waals surface area (Å²) in [5.74, 6) is -0.590. The molecule has 0 bridgehead atoms. The maximum absolute atomic E-state index is 13.2. The number of halogens is 2. The molecule has 8 heteroatoms. The van der Waals surface area contributed by atoms with E-state index in [9.17, 15) is 14.3 Å². The number of nitrogens with one attached hydrogen (secondary N) is 2. The summed E-state index contributed by atoms with van der Waals surface area (Å²) in [6.45, 7) is 1.47. The summed E-state index contributed by atoms with van der Waals surface area (Å²) in [5.41, 5.74) is -0.315. The molecule has 3 rings (SSSR count). The molecule has 1 aromatic heterocycles. The SMILES string of the molecule is Cl.O=C(NCC(O)c1cccc(F)c1)C1(n2cccn2)CCNCC1. The third-order valence-electron chi connectivity index (χ3n) is 4.49. The van der Waals surface area contributed by atoms with Gasteiger partial charge in [0.1, 0.15) is 11.4 Å². The van der Waals surface area contributed by atoms with Gasteiger partial charge >= 0.3 is 0 Å². The number of amides is 1. The van der Waals surface area contributed by atoms with Gasteiger partial charge in [-0.3, -0.25) is 9.48 Å². The summed E-state index contributed by atoms with van der Waals surface area (Å²) in [6, 6.07) is 7.54. The zero-order valence-electron chi connectivity index (χ0n) is 13.7. The van der Waals surface area contributed by atoms with Crippen LogP contribution in [0.2, 0.25) is 0 Å². The van der Waals surface area contributed by atoms with E-state index in [2.05, 4.69) is 15.7 Å². The Kier molecular flexibility index (Phi) is 6.52. The number of hydrogen-bond donors (Lipinski definition) is 3. The van der Waals surface area contributed by atoms with Gasteiger partial charge in [0, 0.05) is 18.9 Å². The second-order valence-electron chi connectivity index (χ2n) is 6.01. The van der Waals surface area contributed by atoms with E-state index in [-0.39, 0.29) is 24.9 Å². The summed E-state index contributed by atoms with van der Waals surface area (Å²) in [4.78, 5) is 12.8. The van der Waals surface area contributed by atoms with Crippen LogP contribution < -0.4 is 10.6 Å². The molecule has 6 nitrogen and oxygen atoms in total. The number of carbonyl (C=O) groups excluding carboxylic acids is 1. The minimum Gasteiger partial charge on any atom is -0.387 e.